The highest BCUT2D eigenvalue weighted by Gasteiger charge is 2.17. The highest BCUT2D eigenvalue weighted by Crippen LogP contribution is 2.33. The Morgan fingerprint density at radius 1 is 1.12 bits per heavy atom. The Kier molecular flexibility index (Phi) is 7.84. The smallest absolute Gasteiger partial charge is 0.232 e. The van der Waals surface area contributed by atoms with Gasteiger partial charge in [-0.1, -0.05) is 24.3 Å². The number of rotatable bonds is 9. The lowest BCUT2D eigenvalue weighted by molar-refractivity contribution is 0.413. The minimum atomic E-state index is -2.08. The molecule has 0 saturated carbocycles. The summed E-state index contributed by atoms with van der Waals surface area (Å²) in [5.74, 6) is 2.31. The maximum Gasteiger partial charge on any atom is 0.232 e. The Morgan fingerprint density at radius 3 is 2.73 bits per heavy atom. The molecule has 4 rings (SSSR count). The van der Waals surface area contributed by atoms with Crippen molar-refractivity contribution in [2.45, 2.75) is 25.3 Å². The van der Waals surface area contributed by atoms with Gasteiger partial charge in [-0.2, -0.15) is 4.98 Å². The molecule has 1 aliphatic rings. The van der Waals surface area contributed by atoms with Crippen LogP contribution in [0.15, 0.2) is 54.7 Å². The summed E-state index contributed by atoms with van der Waals surface area (Å²) in [5, 5.41) is 9.90. The first-order valence-electron chi connectivity index (χ1n) is 10.8. The molecule has 5 N–H and O–H groups in total. The molecule has 2 aromatic carbocycles. The van der Waals surface area contributed by atoms with E-state index in [-0.39, 0.29) is 6.54 Å². The maximum absolute atomic E-state index is 11.0. The zero-order chi connectivity index (χ0) is 23.0. The molecule has 1 saturated heterocycles. The second kappa shape index (κ2) is 11.2. The number of aromatic nitrogens is 2. The molecule has 1 unspecified atom stereocenters. The molecule has 33 heavy (non-hydrogen) atoms. The zero-order valence-electron chi connectivity index (χ0n) is 18.4. The van der Waals surface area contributed by atoms with Crippen molar-refractivity contribution in [3.63, 3.8) is 0 Å². The summed E-state index contributed by atoms with van der Waals surface area (Å²) in [6.07, 6.45) is 3.91. The molecule has 9 nitrogen and oxygen atoms in total. The Balaban J connectivity index is 1.49. The molecular weight excluding hydrogens is 440 g/mol. The van der Waals surface area contributed by atoms with E-state index in [0.29, 0.717) is 17.7 Å². The molecule has 0 radical (unpaired) electrons. The van der Waals surface area contributed by atoms with E-state index in [1.165, 1.54) is 5.56 Å². The first-order valence-corrected chi connectivity index (χ1v) is 11.9. The summed E-state index contributed by atoms with van der Waals surface area (Å²) >= 11 is -2.08. The molecule has 10 heteroatoms. The van der Waals surface area contributed by atoms with E-state index in [1.807, 2.05) is 30.3 Å². The standard InChI is InChI=1S/C23H28N6O3S/c1-32-21-14-17(16-8-11-24-12-9-16)6-7-20(21)28-23-25-13-10-22(29-23)27-19-5-3-2-4-18(19)15-26-33(30)31/h2-7,10,13-14,16,24,26H,8-9,11-12,15H2,1H3,(H,30,31)(H2,25,27,28,29). The van der Waals surface area contributed by atoms with E-state index in [9.17, 15) is 4.21 Å². The first-order chi connectivity index (χ1) is 16.1. The number of piperidine rings is 1. The van der Waals surface area contributed by atoms with Crippen LogP contribution in [0.1, 0.15) is 29.9 Å². The maximum atomic E-state index is 11.0. The van der Waals surface area contributed by atoms with E-state index in [2.05, 4.69) is 42.8 Å². The van der Waals surface area contributed by atoms with Crippen LogP contribution in [0.25, 0.3) is 0 Å². The molecule has 1 fully saturated rings. The number of nitrogens with one attached hydrogen (secondary N) is 4. The number of benzene rings is 2. The summed E-state index contributed by atoms with van der Waals surface area (Å²) in [7, 11) is 1.66. The summed E-state index contributed by atoms with van der Waals surface area (Å²) < 4.78 is 28.1. The average Bonchev–Trinajstić information content (AvgIpc) is 2.84. The molecule has 1 atom stereocenters. The quantitative estimate of drug-likeness (QED) is 0.302. The summed E-state index contributed by atoms with van der Waals surface area (Å²) in [6, 6.07) is 15.5. The molecule has 0 bridgehead atoms. The van der Waals surface area contributed by atoms with Crippen molar-refractivity contribution in [2.75, 3.05) is 30.8 Å². The summed E-state index contributed by atoms with van der Waals surface area (Å²) in [5.41, 5.74) is 3.69. The second-order valence-corrected chi connectivity index (χ2v) is 8.51. The number of para-hydroxylation sites is 1. The van der Waals surface area contributed by atoms with Crippen LogP contribution < -0.4 is 25.4 Å². The van der Waals surface area contributed by atoms with Crippen molar-refractivity contribution in [1.29, 1.82) is 0 Å². The highest BCUT2D eigenvalue weighted by molar-refractivity contribution is 7.77. The normalized spacial score (nSPS) is 15.1. The van der Waals surface area contributed by atoms with Gasteiger partial charge in [0.15, 0.2) is 0 Å². The molecule has 0 aliphatic carbocycles. The van der Waals surface area contributed by atoms with Crippen LogP contribution in [0.5, 0.6) is 5.75 Å². The van der Waals surface area contributed by atoms with Gasteiger partial charge in [-0.25, -0.2) is 13.9 Å². The van der Waals surface area contributed by atoms with E-state index in [4.69, 9.17) is 9.29 Å². The first kappa shape index (κ1) is 23.1. The topological polar surface area (TPSA) is 120 Å². The number of ether oxygens (including phenoxy) is 1. The van der Waals surface area contributed by atoms with E-state index < -0.39 is 11.3 Å². The van der Waals surface area contributed by atoms with Crippen LogP contribution in [0, 0.1) is 0 Å². The van der Waals surface area contributed by atoms with Crippen LogP contribution >= 0.6 is 0 Å². The Morgan fingerprint density at radius 2 is 1.94 bits per heavy atom. The van der Waals surface area contributed by atoms with Gasteiger partial charge in [0.25, 0.3) is 0 Å². The summed E-state index contributed by atoms with van der Waals surface area (Å²) in [4.78, 5) is 8.89. The van der Waals surface area contributed by atoms with Gasteiger partial charge in [-0.3, -0.25) is 4.55 Å². The predicted molar refractivity (Wildman–Crippen MR) is 130 cm³/mol. The van der Waals surface area contributed by atoms with Crippen molar-refractivity contribution in [2.24, 2.45) is 0 Å². The van der Waals surface area contributed by atoms with Crippen molar-refractivity contribution in [3.05, 3.63) is 65.9 Å². The third-order valence-electron chi connectivity index (χ3n) is 5.60. The largest absolute Gasteiger partial charge is 0.495 e. The number of hydrogen-bond acceptors (Lipinski definition) is 7. The number of nitrogens with zero attached hydrogens (tertiary/aromatic N) is 2. The van der Waals surface area contributed by atoms with Crippen LogP contribution in [0.3, 0.4) is 0 Å². The lowest BCUT2D eigenvalue weighted by Gasteiger charge is -2.24. The van der Waals surface area contributed by atoms with Crippen molar-refractivity contribution >= 4 is 34.4 Å². The molecule has 0 amide bonds. The van der Waals surface area contributed by atoms with Crippen LogP contribution in [0.2, 0.25) is 0 Å². The van der Waals surface area contributed by atoms with Crippen molar-refractivity contribution in [3.8, 4) is 5.75 Å². The van der Waals surface area contributed by atoms with E-state index >= 15 is 0 Å². The van der Waals surface area contributed by atoms with Gasteiger partial charge >= 0.3 is 0 Å². The van der Waals surface area contributed by atoms with Gasteiger partial charge in [0.1, 0.15) is 11.6 Å². The highest BCUT2D eigenvalue weighted by atomic mass is 32.2. The minimum Gasteiger partial charge on any atom is -0.495 e. The molecular formula is C23H28N6O3S. The van der Waals surface area contributed by atoms with Gasteiger partial charge in [0.05, 0.1) is 12.8 Å². The predicted octanol–water partition coefficient (Wildman–Crippen LogP) is 3.67. The van der Waals surface area contributed by atoms with Crippen molar-refractivity contribution in [1.82, 2.24) is 20.0 Å². The second-order valence-electron chi connectivity index (χ2n) is 7.73. The summed E-state index contributed by atoms with van der Waals surface area (Å²) in [6.45, 7) is 2.32. The number of hydrogen-bond donors (Lipinski definition) is 5. The number of methoxy groups -OCH3 is 1. The molecule has 1 aromatic heterocycles. The lowest BCUT2D eigenvalue weighted by atomic mass is 9.90. The van der Waals surface area contributed by atoms with Crippen LogP contribution in [0.4, 0.5) is 23.1 Å². The third-order valence-corrected chi connectivity index (χ3v) is 6.00. The molecule has 174 valence electrons. The Hall–Kier alpha value is -3.05. The Labute approximate surface area is 195 Å². The molecule has 3 aromatic rings. The molecule has 2 heterocycles. The monoisotopic (exact) mass is 468 g/mol. The molecule has 1 aliphatic heterocycles. The van der Waals surface area contributed by atoms with Crippen LogP contribution in [-0.4, -0.2) is 38.9 Å². The fraction of sp³-hybridized carbons (Fsp3) is 0.304. The van der Waals surface area contributed by atoms with E-state index in [1.54, 1.807) is 19.4 Å². The van der Waals surface area contributed by atoms with Gasteiger partial charge in [0.2, 0.25) is 17.2 Å². The van der Waals surface area contributed by atoms with E-state index in [0.717, 1.165) is 48.6 Å². The fourth-order valence-electron chi connectivity index (χ4n) is 3.90. The van der Waals surface area contributed by atoms with Gasteiger partial charge in [0, 0.05) is 18.4 Å². The minimum absolute atomic E-state index is 0.239. The average molecular weight is 469 g/mol. The lowest BCUT2D eigenvalue weighted by Crippen LogP contribution is -2.26. The fourth-order valence-corrected chi connectivity index (χ4v) is 4.18. The van der Waals surface area contributed by atoms with Gasteiger partial charge in [-0.05, 0) is 67.2 Å². The van der Waals surface area contributed by atoms with Crippen LogP contribution in [-0.2, 0) is 17.8 Å². The SMILES string of the molecule is COc1cc(C2CCNCC2)ccc1Nc1nccc(Nc2ccccc2CNS(=O)O)n1. The third kappa shape index (κ3) is 6.26. The zero-order valence-corrected chi connectivity index (χ0v) is 19.2. The Bertz CT molecular complexity index is 1110. The van der Waals surface area contributed by atoms with Gasteiger partial charge in [-0.15, -0.1) is 0 Å². The van der Waals surface area contributed by atoms with Crippen molar-refractivity contribution < 1.29 is 13.5 Å². The molecule has 0 spiro atoms. The number of anilines is 4. The van der Waals surface area contributed by atoms with Gasteiger partial charge < -0.3 is 20.7 Å².